The lowest BCUT2D eigenvalue weighted by Crippen LogP contribution is -2.41. The van der Waals surface area contributed by atoms with Gasteiger partial charge in [-0.05, 0) is 25.3 Å². The van der Waals surface area contributed by atoms with Gasteiger partial charge in [0, 0.05) is 25.0 Å². The topological polar surface area (TPSA) is 85.4 Å². The Bertz CT molecular complexity index is 859. The number of hydrogen-bond acceptors (Lipinski definition) is 6. The van der Waals surface area contributed by atoms with Crippen LogP contribution in [0.2, 0.25) is 0 Å². The Kier molecular flexibility index (Phi) is 6.62. The van der Waals surface area contributed by atoms with Crippen LogP contribution in [0.3, 0.4) is 0 Å². The van der Waals surface area contributed by atoms with Gasteiger partial charge in [0.1, 0.15) is 5.25 Å². The first-order valence-electron chi connectivity index (χ1n) is 9.02. The second kappa shape index (κ2) is 8.95. The molecule has 1 amide bonds. The predicted octanol–water partition coefficient (Wildman–Crippen LogP) is 2.33. The molecule has 27 heavy (non-hydrogen) atoms. The average Bonchev–Trinajstić information content (AvgIpc) is 3.31. The van der Waals surface area contributed by atoms with Crippen molar-refractivity contribution in [3.05, 3.63) is 52.0 Å². The normalized spacial score (nSPS) is 18.3. The molecule has 0 radical (unpaired) electrons. The molecule has 0 aliphatic carbocycles. The number of hydrogen-bond donors (Lipinski definition) is 1. The lowest BCUT2D eigenvalue weighted by atomic mass is 10.2. The van der Waals surface area contributed by atoms with Crippen LogP contribution >= 0.6 is 11.3 Å². The van der Waals surface area contributed by atoms with Crippen molar-refractivity contribution >= 4 is 27.1 Å². The smallest absolute Gasteiger partial charge is 0.238 e. The molecule has 1 aliphatic rings. The second-order valence-electron chi connectivity index (χ2n) is 6.72. The third kappa shape index (κ3) is 5.60. The number of aromatic nitrogens is 1. The number of ether oxygens (including phenoxy) is 1. The molecule has 8 heteroatoms. The van der Waals surface area contributed by atoms with Crippen LogP contribution in [0.25, 0.3) is 0 Å². The first kappa shape index (κ1) is 20.0. The number of nitrogens with zero attached hydrogens (tertiary/aromatic N) is 1. The van der Waals surface area contributed by atoms with E-state index >= 15 is 0 Å². The summed E-state index contributed by atoms with van der Waals surface area (Å²) in [6, 6.07) is 9.90. The van der Waals surface area contributed by atoms with Crippen molar-refractivity contribution in [3.63, 3.8) is 0 Å². The maximum Gasteiger partial charge on any atom is 0.238 e. The number of rotatable bonds is 8. The van der Waals surface area contributed by atoms with Crippen molar-refractivity contribution in [1.82, 2.24) is 10.3 Å². The minimum atomic E-state index is -3.63. The average molecular weight is 409 g/mol. The highest BCUT2D eigenvalue weighted by atomic mass is 32.2. The molecule has 6 nitrogen and oxygen atoms in total. The first-order chi connectivity index (χ1) is 12.9. The second-order valence-corrected chi connectivity index (χ2v) is 9.99. The molecule has 0 unspecified atom stereocenters. The van der Waals surface area contributed by atoms with Crippen LogP contribution in [0, 0.1) is 0 Å². The van der Waals surface area contributed by atoms with Crippen molar-refractivity contribution in [1.29, 1.82) is 0 Å². The minimum Gasteiger partial charge on any atom is -0.376 e. The first-order valence-corrected chi connectivity index (χ1v) is 11.6. The van der Waals surface area contributed by atoms with Crippen molar-refractivity contribution in [2.45, 2.75) is 43.3 Å². The molecule has 1 saturated heterocycles. The van der Waals surface area contributed by atoms with Gasteiger partial charge in [-0.1, -0.05) is 30.3 Å². The van der Waals surface area contributed by atoms with E-state index in [1.54, 1.807) is 5.38 Å². The fourth-order valence-electron chi connectivity index (χ4n) is 2.92. The monoisotopic (exact) mass is 408 g/mol. The quantitative estimate of drug-likeness (QED) is 0.725. The summed E-state index contributed by atoms with van der Waals surface area (Å²) in [5.41, 5.74) is 1.62. The number of thiazole rings is 1. The van der Waals surface area contributed by atoms with Crippen LogP contribution in [0.5, 0.6) is 0 Å². The van der Waals surface area contributed by atoms with Gasteiger partial charge in [-0.3, -0.25) is 4.79 Å². The molecule has 1 fully saturated rings. The van der Waals surface area contributed by atoms with E-state index in [4.69, 9.17) is 4.74 Å². The van der Waals surface area contributed by atoms with Crippen LogP contribution < -0.4 is 5.32 Å². The Balaban J connectivity index is 1.56. The molecule has 146 valence electrons. The molecule has 0 saturated carbocycles. The third-order valence-corrected chi connectivity index (χ3v) is 7.47. The van der Waals surface area contributed by atoms with Crippen LogP contribution in [0.15, 0.2) is 35.7 Å². The highest BCUT2D eigenvalue weighted by molar-refractivity contribution is 7.92. The van der Waals surface area contributed by atoms with E-state index in [-0.39, 0.29) is 11.9 Å². The van der Waals surface area contributed by atoms with Gasteiger partial charge in [-0.25, -0.2) is 13.4 Å². The van der Waals surface area contributed by atoms with E-state index in [2.05, 4.69) is 10.3 Å². The summed E-state index contributed by atoms with van der Waals surface area (Å²) < 4.78 is 30.6. The summed E-state index contributed by atoms with van der Waals surface area (Å²) in [5.74, 6) is -0.711. The van der Waals surface area contributed by atoms with Gasteiger partial charge in [0.05, 0.1) is 22.6 Å². The zero-order valence-electron chi connectivity index (χ0n) is 15.3. The van der Waals surface area contributed by atoms with Gasteiger partial charge in [-0.2, -0.15) is 0 Å². The van der Waals surface area contributed by atoms with Crippen LogP contribution in [-0.4, -0.2) is 43.8 Å². The molecule has 2 aromatic rings. The Morgan fingerprint density at radius 2 is 2.15 bits per heavy atom. The van der Waals surface area contributed by atoms with E-state index in [1.807, 2.05) is 30.3 Å². The van der Waals surface area contributed by atoms with Gasteiger partial charge in [-0.15, -0.1) is 11.3 Å². The van der Waals surface area contributed by atoms with Gasteiger partial charge in [0.25, 0.3) is 0 Å². The Morgan fingerprint density at radius 3 is 2.85 bits per heavy atom. The van der Waals surface area contributed by atoms with Crippen molar-refractivity contribution in [2.24, 2.45) is 0 Å². The number of benzene rings is 1. The van der Waals surface area contributed by atoms with Gasteiger partial charge < -0.3 is 10.1 Å². The van der Waals surface area contributed by atoms with Gasteiger partial charge >= 0.3 is 0 Å². The summed E-state index contributed by atoms with van der Waals surface area (Å²) in [7, 11) is -3.63. The van der Waals surface area contributed by atoms with Crippen LogP contribution in [-0.2, 0) is 31.5 Å². The largest absolute Gasteiger partial charge is 0.376 e. The van der Waals surface area contributed by atoms with Crippen molar-refractivity contribution in [3.8, 4) is 0 Å². The molecule has 1 N–H and O–H groups in total. The molecule has 2 atom stereocenters. The minimum absolute atomic E-state index is 0.0112. The highest BCUT2D eigenvalue weighted by Gasteiger charge is 2.29. The number of sulfone groups is 1. The van der Waals surface area contributed by atoms with Crippen molar-refractivity contribution in [2.75, 3.05) is 13.2 Å². The lowest BCUT2D eigenvalue weighted by Gasteiger charge is -2.15. The number of amides is 1. The molecule has 2 heterocycles. The van der Waals surface area contributed by atoms with E-state index in [9.17, 15) is 13.2 Å². The third-order valence-electron chi connectivity index (χ3n) is 4.58. The van der Waals surface area contributed by atoms with Crippen molar-refractivity contribution < 1.29 is 17.9 Å². The Hall–Kier alpha value is -1.77. The van der Waals surface area contributed by atoms with E-state index in [1.165, 1.54) is 18.3 Å². The molecule has 0 spiro atoms. The fourth-order valence-corrected chi connectivity index (χ4v) is 5.08. The van der Waals surface area contributed by atoms with Gasteiger partial charge in [0.2, 0.25) is 5.91 Å². The zero-order chi connectivity index (χ0) is 19.3. The van der Waals surface area contributed by atoms with E-state index in [0.29, 0.717) is 25.3 Å². The summed E-state index contributed by atoms with van der Waals surface area (Å²) in [6.45, 7) is 2.48. The maximum atomic E-state index is 12.6. The molecular formula is C19H24N2O4S2. The van der Waals surface area contributed by atoms with Crippen LogP contribution in [0.4, 0.5) is 0 Å². The molecular weight excluding hydrogens is 384 g/mol. The summed E-state index contributed by atoms with van der Waals surface area (Å²) in [5, 5.41) is 4.20. The van der Waals surface area contributed by atoms with E-state index < -0.39 is 21.0 Å². The molecule has 0 bridgehead atoms. The molecule has 1 aliphatic heterocycles. The fraction of sp³-hybridized carbons (Fsp3) is 0.474. The number of carbonyl (C=O) groups excluding carboxylic acids is 1. The lowest BCUT2D eigenvalue weighted by molar-refractivity contribution is -0.120. The Morgan fingerprint density at radius 1 is 1.37 bits per heavy atom. The highest BCUT2D eigenvalue weighted by Crippen LogP contribution is 2.18. The maximum absolute atomic E-state index is 12.6. The summed E-state index contributed by atoms with van der Waals surface area (Å²) >= 11 is 1.44. The van der Waals surface area contributed by atoms with Gasteiger partial charge in [0.15, 0.2) is 9.84 Å². The molecule has 1 aromatic heterocycles. The molecule has 3 rings (SSSR count). The van der Waals surface area contributed by atoms with E-state index in [0.717, 1.165) is 23.4 Å². The summed E-state index contributed by atoms with van der Waals surface area (Å²) in [6.07, 6.45) is 2.53. The SMILES string of the molecule is C[C@@H](C(=O)NC[C@@H]1CCCO1)S(=O)(=O)Cc1csc(Cc2ccccc2)n1. The summed E-state index contributed by atoms with van der Waals surface area (Å²) in [4.78, 5) is 16.6. The standard InChI is InChI=1S/C19H24N2O4S2/c1-14(19(22)20-11-17-8-5-9-25-17)27(23,24)13-16-12-26-18(21-16)10-15-6-3-2-4-7-15/h2-4,6-7,12,14,17H,5,8-11,13H2,1H3,(H,20,22)/t14-,17-/m0/s1. The van der Waals surface area contributed by atoms with Crippen LogP contribution in [0.1, 0.15) is 36.0 Å². The predicted molar refractivity (Wildman–Crippen MR) is 105 cm³/mol. The Labute approximate surface area is 163 Å². The number of carbonyl (C=O) groups is 1. The molecule has 1 aromatic carbocycles. The zero-order valence-corrected chi connectivity index (χ0v) is 16.9. The number of nitrogens with one attached hydrogen (secondary N) is 1.